The van der Waals surface area contributed by atoms with E-state index in [0.717, 1.165) is 52.0 Å². The number of aliphatic hydroxyl groups is 1. The number of β-amino-alcohol motifs (C(OH)–C–C–N with tert-alkyl or cyclic N) is 1. The average Bonchev–Trinajstić information content (AvgIpc) is 2.54. The van der Waals surface area contributed by atoms with Crippen LogP contribution < -0.4 is 0 Å². The molecule has 1 aromatic rings. The minimum absolute atomic E-state index is 0.201. The van der Waals surface area contributed by atoms with Crippen molar-refractivity contribution in [3.05, 3.63) is 35.4 Å². The van der Waals surface area contributed by atoms with Crippen molar-refractivity contribution in [2.45, 2.75) is 32.6 Å². The zero-order chi connectivity index (χ0) is 15.8. The molecular formula is C18H28N2O2. The number of aryl methyl sites for hydroxylation is 2. The third-order valence-electron chi connectivity index (χ3n) is 4.37. The first-order valence-corrected chi connectivity index (χ1v) is 8.35. The third kappa shape index (κ3) is 5.43. The Kier molecular flexibility index (Phi) is 6.87. The first kappa shape index (κ1) is 17.0. The number of carbonyl (C=O) groups is 1. The second-order valence-corrected chi connectivity index (χ2v) is 6.14. The predicted molar refractivity (Wildman–Crippen MR) is 88.8 cm³/mol. The minimum atomic E-state index is 0.201. The monoisotopic (exact) mass is 304 g/mol. The molecule has 0 radical (unpaired) electrons. The molecule has 22 heavy (non-hydrogen) atoms. The number of hydrogen-bond acceptors (Lipinski definition) is 3. The van der Waals surface area contributed by atoms with Crippen molar-refractivity contribution in [1.82, 2.24) is 9.80 Å². The number of rotatable bonds is 7. The van der Waals surface area contributed by atoms with Crippen molar-refractivity contribution >= 4 is 5.91 Å². The van der Waals surface area contributed by atoms with Crippen molar-refractivity contribution in [3.8, 4) is 0 Å². The first-order valence-electron chi connectivity index (χ1n) is 8.35. The van der Waals surface area contributed by atoms with Gasteiger partial charge < -0.3 is 10.0 Å². The lowest BCUT2D eigenvalue weighted by molar-refractivity contribution is -0.133. The number of benzene rings is 1. The Hall–Kier alpha value is -1.39. The number of aliphatic hydroxyl groups excluding tert-OH is 1. The van der Waals surface area contributed by atoms with Gasteiger partial charge in [0.1, 0.15) is 0 Å². The van der Waals surface area contributed by atoms with Crippen LogP contribution in [-0.2, 0) is 11.2 Å². The smallest absolute Gasteiger partial charge is 0.222 e. The summed E-state index contributed by atoms with van der Waals surface area (Å²) in [6, 6.07) is 8.65. The van der Waals surface area contributed by atoms with E-state index in [2.05, 4.69) is 36.1 Å². The molecule has 1 aliphatic heterocycles. The van der Waals surface area contributed by atoms with E-state index in [1.54, 1.807) is 0 Å². The van der Waals surface area contributed by atoms with E-state index in [0.29, 0.717) is 6.42 Å². The summed E-state index contributed by atoms with van der Waals surface area (Å²) in [5.74, 6) is 0.285. The second kappa shape index (κ2) is 8.91. The normalized spacial score (nSPS) is 16.0. The van der Waals surface area contributed by atoms with Crippen LogP contribution in [0, 0.1) is 6.92 Å². The standard InChI is InChI=1S/C18H28N2O2/c1-16-6-8-17(9-7-16)4-2-3-5-18(22)20-12-10-19(11-13-20)14-15-21/h6-9,21H,2-5,10-15H2,1H3. The van der Waals surface area contributed by atoms with Crippen LogP contribution in [0.2, 0.25) is 0 Å². The Bertz CT molecular complexity index is 451. The van der Waals surface area contributed by atoms with E-state index >= 15 is 0 Å². The van der Waals surface area contributed by atoms with E-state index in [1.807, 2.05) is 4.90 Å². The summed E-state index contributed by atoms with van der Waals surface area (Å²) in [4.78, 5) is 16.4. The Balaban J connectivity index is 1.61. The lowest BCUT2D eigenvalue weighted by atomic mass is 10.1. The number of nitrogens with zero attached hydrogens (tertiary/aromatic N) is 2. The summed E-state index contributed by atoms with van der Waals surface area (Å²) >= 11 is 0. The van der Waals surface area contributed by atoms with Crippen molar-refractivity contribution in [1.29, 1.82) is 0 Å². The van der Waals surface area contributed by atoms with Gasteiger partial charge in [-0.25, -0.2) is 0 Å². The molecule has 0 bridgehead atoms. The maximum Gasteiger partial charge on any atom is 0.222 e. The molecule has 1 heterocycles. The zero-order valence-corrected chi connectivity index (χ0v) is 13.6. The molecule has 1 amide bonds. The van der Waals surface area contributed by atoms with Crippen molar-refractivity contribution in [2.75, 3.05) is 39.3 Å². The highest BCUT2D eigenvalue weighted by Gasteiger charge is 2.19. The summed E-state index contributed by atoms with van der Waals surface area (Å²) in [5.41, 5.74) is 2.65. The van der Waals surface area contributed by atoms with E-state index in [9.17, 15) is 4.79 Å². The summed E-state index contributed by atoms with van der Waals surface area (Å²) in [6.45, 7) is 6.40. The highest BCUT2D eigenvalue weighted by molar-refractivity contribution is 5.76. The fraction of sp³-hybridized carbons (Fsp3) is 0.611. The number of amides is 1. The molecule has 1 N–H and O–H groups in total. The molecule has 0 aliphatic carbocycles. The average molecular weight is 304 g/mol. The van der Waals surface area contributed by atoms with Crippen molar-refractivity contribution in [3.63, 3.8) is 0 Å². The molecule has 1 saturated heterocycles. The van der Waals surface area contributed by atoms with Crippen molar-refractivity contribution < 1.29 is 9.90 Å². The van der Waals surface area contributed by atoms with E-state index in [4.69, 9.17) is 5.11 Å². The van der Waals surface area contributed by atoms with Crippen LogP contribution in [-0.4, -0.2) is 60.1 Å². The molecule has 0 spiro atoms. The van der Waals surface area contributed by atoms with Gasteiger partial charge in [0.05, 0.1) is 6.61 Å². The molecule has 1 fully saturated rings. The van der Waals surface area contributed by atoms with E-state index < -0.39 is 0 Å². The summed E-state index contributed by atoms with van der Waals surface area (Å²) < 4.78 is 0. The number of piperazine rings is 1. The van der Waals surface area contributed by atoms with Crippen LogP contribution in [0.4, 0.5) is 0 Å². The molecule has 122 valence electrons. The van der Waals surface area contributed by atoms with Gasteiger partial charge in [-0.05, 0) is 31.7 Å². The van der Waals surface area contributed by atoms with Crippen LogP contribution >= 0.6 is 0 Å². The maximum absolute atomic E-state index is 12.2. The van der Waals surface area contributed by atoms with Crippen LogP contribution in [0.25, 0.3) is 0 Å². The number of unbranched alkanes of at least 4 members (excludes halogenated alkanes) is 1. The Labute approximate surface area is 133 Å². The van der Waals surface area contributed by atoms with Crippen LogP contribution in [0.5, 0.6) is 0 Å². The number of carbonyl (C=O) groups excluding carboxylic acids is 1. The molecule has 0 aromatic heterocycles. The van der Waals surface area contributed by atoms with Gasteiger partial charge in [-0.3, -0.25) is 9.69 Å². The second-order valence-electron chi connectivity index (χ2n) is 6.14. The Morgan fingerprint density at radius 3 is 2.41 bits per heavy atom. The lowest BCUT2D eigenvalue weighted by Crippen LogP contribution is -2.49. The van der Waals surface area contributed by atoms with Gasteiger partial charge in [0.2, 0.25) is 5.91 Å². The fourth-order valence-electron chi connectivity index (χ4n) is 2.88. The van der Waals surface area contributed by atoms with Gasteiger partial charge in [0.15, 0.2) is 0 Å². The van der Waals surface area contributed by atoms with Crippen LogP contribution in [0.15, 0.2) is 24.3 Å². The largest absolute Gasteiger partial charge is 0.395 e. The lowest BCUT2D eigenvalue weighted by Gasteiger charge is -2.34. The Morgan fingerprint density at radius 1 is 1.09 bits per heavy atom. The third-order valence-corrected chi connectivity index (χ3v) is 4.37. The Morgan fingerprint density at radius 2 is 1.77 bits per heavy atom. The summed E-state index contributed by atoms with van der Waals surface area (Å²) in [5, 5.41) is 8.92. The van der Waals surface area contributed by atoms with Gasteiger partial charge in [0.25, 0.3) is 0 Å². The van der Waals surface area contributed by atoms with Gasteiger partial charge in [-0.2, -0.15) is 0 Å². The first-order chi connectivity index (χ1) is 10.7. The van der Waals surface area contributed by atoms with E-state index in [-0.39, 0.29) is 12.5 Å². The highest BCUT2D eigenvalue weighted by atomic mass is 16.3. The number of hydrogen-bond donors (Lipinski definition) is 1. The van der Waals surface area contributed by atoms with Gasteiger partial charge in [-0.15, -0.1) is 0 Å². The molecule has 2 rings (SSSR count). The quantitative estimate of drug-likeness (QED) is 0.782. The molecule has 4 nitrogen and oxygen atoms in total. The topological polar surface area (TPSA) is 43.8 Å². The predicted octanol–water partition coefficient (Wildman–Crippen LogP) is 1.84. The molecule has 0 atom stereocenters. The molecule has 0 saturated carbocycles. The van der Waals surface area contributed by atoms with Gasteiger partial charge in [0, 0.05) is 39.1 Å². The molecule has 0 unspecified atom stereocenters. The molecule has 4 heteroatoms. The van der Waals surface area contributed by atoms with Crippen molar-refractivity contribution in [2.24, 2.45) is 0 Å². The summed E-state index contributed by atoms with van der Waals surface area (Å²) in [7, 11) is 0. The highest BCUT2D eigenvalue weighted by Crippen LogP contribution is 2.10. The maximum atomic E-state index is 12.2. The van der Waals surface area contributed by atoms with Gasteiger partial charge >= 0.3 is 0 Å². The molecular weight excluding hydrogens is 276 g/mol. The van der Waals surface area contributed by atoms with Crippen LogP contribution in [0.1, 0.15) is 30.4 Å². The van der Waals surface area contributed by atoms with Crippen LogP contribution in [0.3, 0.4) is 0 Å². The SMILES string of the molecule is Cc1ccc(CCCCC(=O)N2CCN(CCO)CC2)cc1. The fourth-order valence-corrected chi connectivity index (χ4v) is 2.88. The zero-order valence-electron chi connectivity index (χ0n) is 13.6. The minimum Gasteiger partial charge on any atom is -0.395 e. The van der Waals surface area contributed by atoms with Gasteiger partial charge in [-0.1, -0.05) is 29.8 Å². The molecule has 1 aromatic carbocycles. The summed E-state index contributed by atoms with van der Waals surface area (Å²) in [6.07, 6.45) is 3.74. The van der Waals surface area contributed by atoms with E-state index in [1.165, 1.54) is 11.1 Å². The molecule has 1 aliphatic rings.